The highest BCUT2D eigenvalue weighted by Gasteiger charge is 2.30. The molecule has 0 saturated heterocycles. The number of aromatic nitrogens is 1. The lowest BCUT2D eigenvalue weighted by atomic mass is 10.1. The van der Waals surface area contributed by atoms with Crippen molar-refractivity contribution in [1.29, 1.82) is 5.41 Å². The van der Waals surface area contributed by atoms with Crippen LogP contribution in [-0.2, 0) is 6.54 Å². The van der Waals surface area contributed by atoms with E-state index in [2.05, 4.69) is 24.0 Å². The van der Waals surface area contributed by atoms with E-state index in [1.165, 1.54) is 16.9 Å². The second-order valence-corrected chi connectivity index (χ2v) is 7.28. The minimum absolute atomic E-state index is 0.219. The predicted molar refractivity (Wildman–Crippen MR) is 106 cm³/mol. The van der Waals surface area contributed by atoms with Gasteiger partial charge >= 0.3 is 0 Å². The van der Waals surface area contributed by atoms with Gasteiger partial charge in [-0.25, -0.2) is 4.98 Å². The fraction of sp³-hybridized carbons (Fsp3) is 0.143. The number of rotatable bonds is 4. The molecule has 0 saturated carbocycles. The molecule has 2 aromatic carbocycles. The number of hydrogen-bond acceptors (Lipinski definition) is 4. The maximum Gasteiger partial charge on any atom is 0.135 e. The molecule has 26 heavy (non-hydrogen) atoms. The Morgan fingerprint density at radius 1 is 1.15 bits per heavy atom. The van der Waals surface area contributed by atoms with Crippen LogP contribution in [0.1, 0.15) is 16.1 Å². The van der Waals surface area contributed by atoms with Crippen LogP contribution in [0, 0.1) is 12.3 Å². The summed E-state index contributed by atoms with van der Waals surface area (Å²) in [7, 11) is 0. The summed E-state index contributed by atoms with van der Waals surface area (Å²) < 4.78 is 0. The van der Waals surface area contributed by atoms with Crippen molar-refractivity contribution in [3.8, 4) is 11.3 Å². The first-order chi connectivity index (χ1) is 12.6. The van der Waals surface area contributed by atoms with Crippen LogP contribution in [0.2, 0.25) is 0 Å². The number of benzene rings is 2. The van der Waals surface area contributed by atoms with Gasteiger partial charge in [0.05, 0.1) is 17.8 Å². The number of hydrogen-bond donors (Lipinski definition) is 2. The van der Waals surface area contributed by atoms with Gasteiger partial charge in [0, 0.05) is 17.5 Å². The van der Waals surface area contributed by atoms with E-state index in [-0.39, 0.29) is 5.76 Å². The van der Waals surface area contributed by atoms with E-state index in [4.69, 9.17) is 5.41 Å². The quantitative estimate of drug-likeness (QED) is 0.696. The Bertz CT molecular complexity index is 991. The zero-order valence-electron chi connectivity index (χ0n) is 14.4. The van der Waals surface area contributed by atoms with Crippen LogP contribution in [0.15, 0.2) is 65.7 Å². The summed E-state index contributed by atoms with van der Waals surface area (Å²) in [4.78, 5) is 6.53. The molecule has 0 atom stereocenters. The van der Waals surface area contributed by atoms with Crippen molar-refractivity contribution in [2.75, 3.05) is 6.54 Å². The van der Waals surface area contributed by atoms with Crippen LogP contribution < -0.4 is 0 Å². The van der Waals surface area contributed by atoms with Gasteiger partial charge in [-0.2, -0.15) is 0 Å². The SMILES string of the molecule is Cc1cccc(CN2CC(O)=C(c3nc(-c4ccccc4)cs3)C2=N)c1. The monoisotopic (exact) mass is 361 g/mol. The van der Waals surface area contributed by atoms with Crippen LogP contribution in [0.25, 0.3) is 16.8 Å². The number of nitrogens with one attached hydrogen (secondary N) is 1. The minimum Gasteiger partial charge on any atom is -0.510 e. The number of amidine groups is 1. The second-order valence-electron chi connectivity index (χ2n) is 6.42. The lowest BCUT2D eigenvalue weighted by Crippen LogP contribution is -2.26. The minimum atomic E-state index is 0.219. The van der Waals surface area contributed by atoms with Crippen molar-refractivity contribution in [2.45, 2.75) is 13.5 Å². The van der Waals surface area contributed by atoms with E-state index in [1.54, 1.807) is 0 Å². The van der Waals surface area contributed by atoms with Crippen LogP contribution >= 0.6 is 11.3 Å². The summed E-state index contributed by atoms with van der Waals surface area (Å²) in [5.41, 5.74) is 4.78. The van der Waals surface area contributed by atoms with Crippen LogP contribution in [0.5, 0.6) is 0 Å². The molecule has 0 aliphatic carbocycles. The van der Waals surface area contributed by atoms with E-state index >= 15 is 0 Å². The summed E-state index contributed by atoms with van der Waals surface area (Å²) in [5, 5.41) is 21.6. The van der Waals surface area contributed by atoms with Crippen molar-refractivity contribution in [3.05, 3.63) is 81.9 Å². The van der Waals surface area contributed by atoms with Crippen LogP contribution in [0.4, 0.5) is 0 Å². The van der Waals surface area contributed by atoms with Gasteiger partial charge in [-0.05, 0) is 12.5 Å². The zero-order chi connectivity index (χ0) is 18.1. The molecule has 0 radical (unpaired) electrons. The molecule has 3 aromatic rings. The average Bonchev–Trinajstić information content (AvgIpc) is 3.21. The smallest absolute Gasteiger partial charge is 0.135 e. The lowest BCUT2D eigenvalue weighted by Gasteiger charge is -2.18. The molecule has 130 valence electrons. The summed E-state index contributed by atoms with van der Waals surface area (Å²) in [6.07, 6.45) is 0. The predicted octanol–water partition coefficient (Wildman–Crippen LogP) is 4.88. The number of aryl methyl sites for hydroxylation is 1. The van der Waals surface area contributed by atoms with Gasteiger partial charge in [-0.1, -0.05) is 60.2 Å². The van der Waals surface area contributed by atoms with E-state index in [0.29, 0.717) is 29.5 Å². The number of nitrogens with zero attached hydrogens (tertiary/aromatic N) is 2. The molecule has 2 heterocycles. The molecule has 0 fully saturated rings. The lowest BCUT2D eigenvalue weighted by molar-refractivity contribution is 0.347. The third-order valence-corrected chi connectivity index (χ3v) is 5.29. The van der Waals surface area contributed by atoms with Gasteiger partial charge in [0.15, 0.2) is 0 Å². The van der Waals surface area contributed by atoms with Crippen LogP contribution in [-0.4, -0.2) is 27.4 Å². The van der Waals surface area contributed by atoms with Crippen LogP contribution in [0.3, 0.4) is 0 Å². The van der Waals surface area contributed by atoms with Crippen molar-refractivity contribution < 1.29 is 5.11 Å². The zero-order valence-corrected chi connectivity index (χ0v) is 15.3. The van der Waals surface area contributed by atoms with E-state index in [0.717, 1.165) is 16.8 Å². The Hall–Kier alpha value is -2.92. The number of aliphatic hydroxyl groups excluding tert-OH is 1. The second kappa shape index (κ2) is 6.77. The highest BCUT2D eigenvalue weighted by Crippen LogP contribution is 2.32. The van der Waals surface area contributed by atoms with Gasteiger partial charge in [0.1, 0.15) is 16.6 Å². The Labute approximate surface area is 156 Å². The Morgan fingerprint density at radius 2 is 1.96 bits per heavy atom. The number of thiazole rings is 1. The van der Waals surface area contributed by atoms with Gasteiger partial charge in [0.2, 0.25) is 0 Å². The maximum absolute atomic E-state index is 10.5. The van der Waals surface area contributed by atoms with Crippen molar-refractivity contribution >= 4 is 22.7 Å². The molecule has 0 amide bonds. The molecule has 2 N–H and O–H groups in total. The topological polar surface area (TPSA) is 60.2 Å². The van der Waals surface area contributed by atoms with Gasteiger partial charge in [0.25, 0.3) is 0 Å². The standard InChI is InChI=1S/C21H19N3OS/c1-14-6-5-7-15(10-14)11-24-12-18(25)19(20(24)22)21-23-17(13-26-21)16-8-3-2-4-9-16/h2-10,13,22,25H,11-12H2,1H3. The Balaban J connectivity index is 1.57. The Kier molecular flexibility index (Phi) is 4.31. The molecule has 1 aromatic heterocycles. The van der Waals surface area contributed by atoms with Crippen molar-refractivity contribution in [2.24, 2.45) is 0 Å². The normalized spacial score (nSPS) is 14.3. The molecule has 4 nitrogen and oxygen atoms in total. The highest BCUT2D eigenvalue weighted by atomic mass is 32.1. The van der Waals surface area contributed by atoms with Crippen molar-refractivity contribution in [1.82, 2.24) is 9.88 Å². The molecule has 0 bridgehead atoms. The maximum atomic E-state index is 10.5. The molecule has 4 rings (SSSR count). The van der Waals surface area contributed by atoms with Gasteiger partial charge < -0.3 is 10.0 Å². The Morgan fingerprint density at radius 3 is 2.73 bits per heavy atom. The summed E-state index contributed by atoms with van der Waals surface area (Å²) in [5.74, 6) is 0.551. The summed E-state index contributed by atoms with van der Waals surface area (Å²) >= 11 is 1.46. The molecule has 0 unspecified atom stereocenters. The molecular formula is C21H19N3OS. The van der Waals surface area contributed by atoms with Gasteiger partial charge in [-0.15, -0.1) is 11.3 Å². The first kappa shape index (κ1) is 16.5. The fourth-order valence-corrected chi connectivity index (χ4v) is 4.05. The average molecular weight is 361 g/mol. The third kappa shape index (κ3) is 3.13. The first-order valence-corrected chi connectivity index (χ1v) is 9.32. The first-order valence-electron chi connectivity index (χ1n) is 8.44. The van der Waals surface area contributed by atoms with Gasteiger partial charge in [-0.3, -0.25) is 5.41 Å². The molecule has 1 aliphatic heterocycles. The molecule has 0 spiro atoms. The fourth-order valence-electron chi connectivity index (χ4n) is 3.15. The van der Waals surface area contributed by atoms with E-state index < -0.39 is 0 Å². The largest absolute Gasteiger partial charge is 0.510 e. The highest BCUT2D eigenvalue weighted by molar-refractivity contribution is 7.11. The van der Waals surface area contributed by atoms with E-state index in [1.807, 2.05) is 52.7 Å². The molecule has 5 heteroatoms. The summed E-state index contributed by atoms with van der Waals surface area (Å²) in [6, 6.07) is 18.2. The molecule has 1 aliphatic rings. The van der Waals surface area contributed by atoms with Crippen molar-refractivity contribution in [3.63, 3.8) is 0 Å². The molecular weight excluding hydrogens is 342 g/mol. The third-order valence-electron chi connectivity index (χ3n) is 4.43. The van der Waals surface area contributed by atoms with E-state index in [9.17, 15) is 5.11 Å². The number of aliphatic hydroxyl groups is 1. The summed E-state index contributed by atoms with van der Waals surface area (Å²) in [6.45, 7) is 3.01.